The quantitative estimate of drug-likeness (QED) is 0.499. The van der Waals surface area contributed by atoms with Gasteiger partial charge in [-0.2, -0.15) is 0 Å². The van der Waals surface area contributed by atoms with Gasteiger partial charge in [-0.15, -0.1) is 0 Å². The van der Waals surface area contributed by atoms with E-state index in [2.05, 4.69) is 0 Å². The van der Waals surface area contributed by atoms with Crippen LogP contribution in [0.5, 0.6) is 0 Å². The predicted molar refractivity (Wildman–Crippen MR) is 92.6 cm³/mol. The number of rotatable bonds is 11. The van der Waals surface area contributed by atoms with Gasteiger partial charge in [0.1, 0.15) is 0 Å². The molecule has 0 radical (unpaired) electrons. The molecule has 5 nitrogen and oxygen atoms in total. The lowest BCUT2D eigenvalue weighted by Gasteiger charge is -2.13. The van der Waals surface area contributed by atoms with E-state index in [-0.39, 0.29) is 17.7 Å². The lowest BCUT2D eigenvalue weighted by atomic mass is 10.1. The molecule has 1 aliphatic rings. The first kappa shape index (κ1) is 18.2. The fourth-order valence-corrected chi connectivity index (χ4v) is 3.07. The molecule has 2 rings (SSSR count). The Hall–Kier alpha value is -2.17. The molecule has 0 unspecified atom stereocenters. The molecular formula is C19H26N2O3. The van der Waals surface area contributed by atoms with Gasteiger partial charge in [0, 0.05) is 13.0 Å². The molecule has 0 atom stereocenters. The van der Waals surface area contributed by atoms with Gasteiger partial charge in [-0.25, -0.2) is 0 Å². The molecule has 5 heteroatoms. The van der Waals surface area contributed by atoms with Crippen molar-refractivity contribution in [2.75, 3.05) is 6.54 Å². The molecule has 1 aromatic rings. The Kier molecular flexibility index (Phi) is 6.97. The standard InChI is InChI=1S/C19H26N2O3/c20-17(22)13-7-5-3-1-2-4-6-10-14-21-18(23)15-11-8-9-12-16(15)19(21)24/h8-9,11-12H,1-7,10,13-14H2,(H2,20,22). The molecule has 24 heavy (non-hydrogen) atoms. The van der Waals surface area contributed by atoms with Crippen molar-refractivity contribution >= 4 is 17.7 Å². The largest absolute Gasteiger partial charge is 0.370 e. The van der Waals surface area contributed by atoms with Crippen LogP contribution in [-0.2, 0) is 4.79 Å². The summed E-state index contributed by atoms with van der Waals surface area (Å²) in [5.74, 6) is -0.543. The van der Waals surface area contributed by atoms with Crippen molar-refractivity contribution in [1.82, 2.24) is 4.90 Å². The Bertz CT molecular complexity index is 563. The number of amides is 3. The van der Waals surface area contributed by atoms with Crippen LogP contribution in [0, 0.1) is 0 Å². The minimum atomic E-state index is -0.219. The zero-order chi connectivity index (χ0) is 17.4. The first-order valence-corrected chi connectivity index (χ1v) is 8.85. The summed E-state index contributed by atoms with van der Waals surface area (Å²) in [5, 5.41) is 0. The average Bonchev–Trinajstić information content (AvgIpc) is 2.81. The van der Waals surface area contributed by atoms with E-state index in [4.69, 9.17) is 5.73 Å². The zero-order valence-electron chi connectivity index (χ0n) is 14.1. The van der Waals surface area contributed by atoms with Gasteiger partial charge in [-0.05, 0) is 25.0 Å². The first-order valence-electron chi connectivity index (χ1n) is 8.85. The van der Waals surface area contributed by atoms with Crippen molar-refractivity contribution in [2.45, 2.75) is 57.8 Å². The Morgan fingerprint density at radius 3 is 1.75 bits per heavy atom. The molecule has 3 amide bonds. The molecule has 1 heterocycles. The number of benzene rings is 1. The molecule has 1 aromatic carbocycles. The Labute approximate surface area is 143 Å². The lowest BCUT2D eigenvalue weighted by Crippen LogP contribution is -2.30. The second kappa shape index (κ2) is 9.21. The number of hydrogen-bond donors (Lipinski definition) is 1. The van der Waals surface area contributed by atoms with E-state index in [1.165, 1.54) is 4.90 Å². The third-order valence-corrected chi connectivity index (χ3v) is 4.43. The minimum Gasteiger partial charge on any atom is -0.370 e. The van der Waals surface area contributed by atoms with Gasteiger partial charge in [-0.1, -0.05) is 50.7 Å². The number of imide groups is 1. The Morgan fingerprint density at radius 1 is 0.792 bits per heavy atom. The molecule has 1 aliphatic heterocycles. The molecule has 130 valence electrons. The number of nitrogens with zero attached hydrogens (tertiary/aromatic N) is 1. The molecule has 0 saturated heterocycles. The van der Waals surface area contributed by atoms with Gasteiger partial charge < -0.3 is 5.73 Å². The van der Waals surface area contributed by atoms with E-state index in [9.17, 15) is 14.4 Å². The van der Waals surface area contributed by atoms with Gasteiger partial charge in [0.25, 0.3) is 11.8 Å². The smallest absolute Gasteiger partial charge is 0.261 e. The van der Waals surface area contributed by atoms with Crippen LogP contribution in [0.15, 0.2) is 24.3 Å². The second-order valence-corrected chi connectivity index (χ2v) is 6.35. The number of primary amides is 1. The number of carbonyl (C=O) groups excluding carboxylic acids is 3. The third-order valence-electron chi connectivity index (χ3n) is 4.43. The van der Waals surface area contributed by atoms with E-state index in [1.807, 2.05) is 0 Å². The van der Waals surface area contributed by atoms with E-state index >= 15 is 0 Å². The van der Waals surface area contributed by atoms with Crippen molar-refractivity contribution in [1.29, 1.82) is 0 Å². The summed E-state index contributed by atoms with van der Waals surface area (Å²) in [4.78, 5) is 36.4. The highest BCUT2D eigenvalue weighted by Crippen LogP contribution is 2.22. The maximum absolute atomic E-state index is 12.2. The van der Waals surface area contributed by atoms with Crippen LogP contribution < -0.4 is 5.73 Å². The third kappa shape index (κ3) is 4.91. The number of nitrogens with two attached hydrogens (primary N) is 1. The lowest BCUT2D eigenvalue weighted by molar-refractivity contribution is -0.118. The van der Waals surface area contributed by atoms with Gasteiger partial charge in [0.2, 0.25) is 5.91 Å². The van der Waals surface area contributed by atoms with E-state index in [1.54, 1.807) is 24.3 Å². The zero-order valence-corrected chi connectivity index (χ0v) is 14.1. The van der Waals surface area contributed by atoms with Crippen LogP contribution >= 0.6 is 0 Å². The van der Waals surface area contributed by atoms with Crippen LogP contribution in [0.2, 0.25) is 0 Å². The van der Waals surface area contributed by atoms with Crippen LogP contribution in [0.25, 0.3) is 0 Å². The topological polar surface area (TPSA) is 80.5 Å². The molecule has 0 bridgehead atoms. The summed E-state index contributed by atoms with van der Waals surface area (Å²) in [6.45, 7) is 0.505. The minimum absolute atomic E-state index is 0.162. The monoisotopic (exact) mass is 330 g/mol. The summed E-state index contributed by atoms with van der Waals surface area (Å²) in [7, 11) is 0. The van der Waals surface area contributed by atoms with Crippen molar-refractivity contribution in [3.05, 3.63) is 35.4 Å². The van der Waals surface area contributed by atoms with Crippen LogP contribution in [0.1, 0.15) is 78.5 Å². The number of fused-ring (bicyclic) bond motifs is 1. The summed E-state index contributed by atoms with van der Waals surface area (Å²) in [5.41, 5.74) is 6.15. The number of unbranched alkanes of at least 4 members (excludes halogenated alkanes) is 7. The van der Waals surface area contributed by atoms with Crippen LogP contribution in [0.3, 0.4) is 0 Å². The number of hydrogen-bond acceptors (Lipinski definition) is 3. The maximum Gasteiger partial charge on any atom is 0.261 e. The Morgan fingerprint density at radius 2 is 1.25 bits per heavy atom. The van der Waals surface area contributed by atoms with Crippen molar-refractivity contribution < 1.29 is 14.4 Å². The molecule has 0 fully saturated rings. The molecule has 0 aliphatic carbocycles. The van der Waals surface area contributed by atoms with Gasteiger partial charge >= 0.3 is 0 Å². The molecular weight excluding hydrogens is 304 g/mol. The highest BCUT2D eigenvalue weighted by Gasteiger charge is 2.34. The highest BCUT2D eigenvalue weighted by molar-refractivity contribution is 6.21. The molecule has 0 spiro atoms. The SMILES string of the molecule is NC(=O)CCCCCCCCCCN1C(=O)c2ccccc2C1=O. The van der Waals surface area contributed by atoms with Crippen LogP contribution in [-0.4, -0.2) is 29.2 Å². The van der Waals surface area contributed by atoms with E-state index < -0.39 is 0 Å². The van der Waals surface area contributed by atoms with Crippen molar-refractivity contribution in [3.8, 4) is 0 Å². The fraction of sp³-hybridized carbons (Fsp3) is 0.526. The molecule has 0 aromatic heterocycles. The predicted octanol–water partition coefficient (Wildman–Crippen LogP) is 3.28. The maximum atomic E-state index is 12.2. The van der Waals surface area contributed by atoms with E-state index in [0.717, 1.165) is 51.4 Å². The molecule has 2 N–H and O–H groups in total. The summed E-state index contributed by atoms with van der Waals surface area (Å²) >= 11 is 0. The number of carbonyl (C=O) groups is 3. The molecule has 0 saturated carbocycles. The van der Waals surface area contributed by atoms with Gasteiger partial charge in [0.15, 0.2) is 0 Å². The van der Waals surface area contributed by atoms with Gasteiger partial charge in [0.05, 0.1) is 11.1 Å². The summed E-state index contributed by atoms with van der Waals surface area (Å²) in [6, 6.07) is 7.01. The van der Waals surface area contributed by atoms with E-state index in [0.29, 0.717) is 24.1 Å². The van der Waals surface area contributed by atoms with Crippen LogP contribution in [0.4, 0.5) is 0 Å². The summed E-state index contributed by atoms with van der Waals surface area (Å²) in [6.07, 6.45) is 8.85. The normalized spacial score (nSPS) is 13.4. The van der Waals surface area contributed by atoms with Crippen molar-refractivity contribution in [3.63, 3.8) is 0 Å². The van der Waals surface area contributed by atoms with Gasteiger partial charge in [-0.3, -0.25) is 19.3 Å². The fourth-order valence-electron chi connectivity index (χ4n) is 3.07. The Balaban J connectivity index is 1.55. The first-order chi connectivity index (χ1) is 11.6. The highest BCUT2D eigenvalue weighted by atomic mass is 16.2. The summed E-state index contributed by atoms with van der Waals surface area (Å²) < 4.78 is 0. The second-order valence-electron chi connectivity index (χ2n) is 6.35. The van der Waals surface area contributed by atoms with Crippen molar-refractivity contribution in [2.24, 2.45) is 5.73 Å². The average molecular weight is 330 g/mol.